The first-order valence-electron chi connectivity index (χ1n) is 6.54. The number of carbonyl (C=O) groups is 1. The molecule has 0 radical (unpaired) electrons. The van der Waals surface area contributed by atoms with Gasteiger partial charge in [-0.3, -0.25) is 4.79 Å². The molecule has 1 heterocycles. The SMILES string of the molecule is CC(C)C(=O)c1ncc(SCc2ccccc2)cc1N. The van der Waals surface area contributed by atoms with E-state index in [1.165, 1.54) is 5.56 Å². The largest absolute Gasteiger partial charge is 0.397 e. The van der Waals surface area contributed by atoms with E-state index in [-0.39, 0.29) is 11.7 Å². The molecule has 0 atom stereocenters. The van der Waals surface area contributed by atoms with E-state index in [1.54, 1.807) is 18.0 Å². The van der Waals surface area contributed by atoms with Crippen molar-refractivity contribution < 1.29 is 4.79 Å². The summed E-state index contributed by atoms with van der Waals surface area (Å²) in [5, 5.41) is 0. The van der Waals surface area contributed by atoms with E-state index in [2.05, 4.69) is 17.1 Å². The van der Waals surface area contributed by atoms with Crippen LogP contribution in [0.15, 0.2) is 47.5 Å². The lowest BCUT2D eigenvalue weighted by Gasteiger charge is -2.08. The molecule has 2 aromatic rings. The first-order chi connectivity index (χ1) is 9.58. The predicted octanol–water partition coefficient (Wildman–Crippen LogP) is 3.79. The third-order valence-electron chi connectivity index (χ3n) is 2.90. The minimum absolute atomic E-state index is 0.0119. The van der Waals surface area contributed by atoms with Gasteiger partial charge in [-0.25, -0.2) is 4.98 Å². The first-order valence-corrected chi connectivity index (χ1v) is 7.53. The summed E-state index contributed by atoms with van der Waals surface area (Å²) >= 11 is 1.66. The molecule has 104 valence electrons. The summed E-state index contributed by atoms with van der Waals surface area (Å²) in [7, 11) is 0. The van der Waals surface area contributed by atoms with Gasteiger partial charge in [-0.2, -0.15) is 0 Å². The van der Waals surface area contributed by atoms with Gasteiger partial charge in [-0.15, -0.1) is 11.8 Å². The second kappa shape index (κ2) is 6.57. The molecule has 0 unspecified atom stereocenters. The molecule has 0 fully saturated rings. The van der Waals surface area contributed by atoms with Crippen LogP contribution >= 0.6 is 11.8 Å². The monoisotopic (exact) mass is 286 g/mol. The van der Waals surface area contributed by atoms with Gasteiger partial charge < -0.3 is 5.73 Å². The van der Waals surface area contributed by atoms with E-state index in [0.29, 0.717) is 11.4 Å². The molecule has 4 heteroatoms. The molecular formula is C16H18N2OS. The second-order valence-corrected chi connectivity index (χ2v) is 5.95. The average molecular weight is 286 g/mol. The highest BCUT2D eigenvalue weighted by atomic mass is 32.2. The molecule has 0 saturated carbocycles. The molecule has 3 nitrogen and oxygen atoms in total. The van der Waals surface area contributed by atoms with Gasteiger partial charge in [0.15, 0.2) is 5.78 Å². The molecule has 0 spiro atoms. The van der Waals surface area contributed by atoms with E-state index >= 15 is 0 Å². The molecular weight excluding hydrogens is 268 g/mol. The van der Waals surface area contributed by atoms with Crippen molar-refractivity contribution >= 4 is 23.2 Å². The number of anilines is 1. The number of Topliss-reactive ketones (excluding diaryl/α,β-unsaturated/α-hetero) is 1. The summed E-state index contributed by atoms with van der Waals surface area (Å²) in [6, 6.07) is 12.0. The van der Waals surface area contributed by atoms with Crippen LogP contribution in [-0.4, -0.2) is 10.8 Å². The Bertz CT molecular complexity index is 597. The molecule has 0 aliphatic rings. The van der Waals surface area contributed by atoms with E-state index in [9.17, 15) is 4.79 Å². The normalized spacial score (nSPS) is 10.8. The summed E-state index contributed by atoms with van der Waals surface area (Å²) < 4.78 is 0. The Morgan fingerprint density at radius 2 is 2.00 bits per heavy atom. The van der Waals surface area contributed by atoms with Crippen molar-refractivity contribution in [1.29, 1.82) is 0 Å². The van der Waals surface area contributed by atoms with Gasteiger partial charge in [0, 0.05) is 22.8 Å². The molecule has 2 N–H and O–H groups in total. The summed E-state index contributed by atoms with van der Waals surface area (Å²) in [5.41, 5.74) is 8.02. The standard InChI is InChI=1S/C16H18N2OS/c1-11(2)16(19)15-14(17)8-13(9-18-15)20-10-12-6-4-3-5-7-12/h3-9,11H,10,17H2,1-2H3. The van der Waals surface area contributed by atoms with Crippen LogP contribution in [0.5, 0.6) is 0 Å². The van der Waals surface area contributed by atoms with Crippen molar-refractivity contribution in [3.8, 4) is 0 Å². The van der Waals surface area contributed by atoms with Crippen molar-refractivity contribution in [2.75, 3.05) is 5.73 Å². The van der Waals surface area contributed by atoms with Gasteiger partial charge in [0.1, 0.15) is 5.69 Å². The van der Waals surface area contributed by atoms with Crippen LogP contribution in [0.25, 0.3) is 0 Å². The number of carbonyl (C=O) groups excluding carboxylic acids is 1. The van der Waals surface area contributed by atoms with Gasteiger partial charge in [0.05, 0.1) is 5.69 Å². The maximum Gasteiger partial charge on any atom is 0.185 e. The Hall–Kier alpha value is -1.81. The van der Waals surface area contributed by atoms with Gasteiger partial charge in [0.2, 0.25) is 0 Å². The van der Waals surface area contributed by atoms with Crippen molar-refractivity contribution in [2.45, 2.75) is 24.5 Å². The van der Waals surface area contributed by atoms with E-state index in [1.807, 2.05) is 38.1 Å². The fraction of sp³-hybridized carbons (Fsp3) is 0.250. The molecule has 0 bridgehead atoms. The molecule has 0 saturated heterocycles. The third-order valence-corrected chi connectivity index (χ3v) is 3.93. The molecule has 2 rings (SSSR count). The van der Waals surface area contributed by atoms with E-state index < -0.39 is 0 Å². The molecule has 1 aromatic carbocycles. The quantitative estimate of drug-likeness (QED) is 0.671. The number of aromatic nitrogens is 1. The Morgan fingerprint density at radius 1 is 1.30 bits per heavy atom. The fourth-order valence-electron chi connectivity index (χ4n) is 1.76. The van der Waals surface area contributed by atoms with Gasteiger partial charge >= 0.3 is 0 Å². The van der Waals surface area contributed by atoms with Crippen LogP contribution in [0.3, 0.4) is 0 Å². The minimum Gasteiger partial charge on any atom is -0.397 e. The molecule has 0 amide bonds. The zero-order valence-corrected chi connectivity index (χ0v) is 12.5. The van der Waals surface area contributed by atoms with Crippen LogP contribution in [0.2, 0.25) is 0 Å². The highest BCUT2D eigenvalue weighted by Crippen LogP contribution is 2.25. The highest BCUT2D eigenvalue weighted by Gasteiger charge is 2.15. The summed E-state index contributed by atoms with van der Waals surface area (Å²) in [4.78, 5) is 17.1. The van der Waals surface area contributed by atoms with Crippen molar-refractivity contribution in [2.24, 2.45) is 5.92 Å². The maximum absolute atomic E-state index is 11.9. The second-order valence-electron chi connectivity index (χ2n) is 4.90. The number of pyridine rings is 1. The number of thioether (sulfide) groups is 1. The van der Waals surface area contributed by atoms with Crippen molar-refractivity contribution in [3.05, 3.63) is 53.9 Å². The van der Waals surface area contributed by atoms with Crippen LogP contribution in [-0.2, 0) is 5.75 Å². The number of hydrogen-bond donors (Lipinski definition) is 1. The number of rotatable bonds is 5. The number of ketones is 1. The lowest BCUT2D eigenvalue weighted by Crippen LogP contribution is -2.12. The van der Waals surface area contributed by atoms with Crippen LogP contribution in [0.1, 0.15) is 29.9 Å². The lowest BCUT2D eigenvalue weighted by molar-refractivity contribution is 0.0935. The van der Waals surface area contributed by atoms with E-state index in [4.69, 9.17) is 5.73 Å². The van der Waals surface area contributed by atoms with Crippen molar-refractivity contribution in [1.82, 2.24) is 4.98 Å². The topological polar surface area (TPSA) is 56.0 Å². The van der Waals surface area contributed by atoms with Crippen LogP contribution < -0.4 is 5.73 Å². The molecule has 20 heavy (non-hydrogen) atoms. The van der Waals surface area contributed by atoms with E-state index in [0.717, 1.165) is 10.6 Å². The Labute approximate surface area is 123 Å². The lowest BCUT2D eigenvalue weighted by atomic mass is 10.0. The van der Waals surface area contributed by atoms with Gasteiger partial charge in [-0.1, -0.05) is 44.2 Å². The average Bonchev–Trinajstić information content (AvgIpc) is 2.45. The summed E-state index contributed by atoms with van der Waals surface area (Å²) in [5.74, 6) is 0.758. The molecule has 0 aliphatic carbocycles. The van der Waals surface area contributed by atoms with Crippen molar-refractivity contribution in [3.63, 3.8) is 0 Å². The number of nitrogens with two attached hydrogens (primary N) is 1. The zero-order chi connectivity index (χ0) is 14.5. The first kappa shape index (κ1) is 14.6. The Kier molecular flexibility index (Phi) is 4.79. The molecule has 1 aromatic heterocycles. The number of benzene rings is 1. The number of nitrogens with zero attached hydrogens (tertiary/aromatic N) is 1. The third kappa shape index (κ3) is 3.61. The Balaban J connectivity index is 2.08. The Morgan fingerprint density at radius 3 is 2.60 bits per heavy atom. The summed E-state index contributed by atoms with van der Waals surface area (Å²) in [6.07, 6.45) is 1.72. The minimum atomic E-state index is -0.0902. The fourth-order valence-corrected chi connectivity index (χ4v) is 2.62. The number of hydrogen-bond acceptors (Lipinski definition) is 4. The van der Waals surface area contributed by atoms with Gasteiger partial charge in [-0.05, 0) is 11.6 Å². The van der Waals surface area contributed by atoms with Crippen LogP contribution in [0, 0.1) is 5.92 Å². The zero-order valence-electron chi connectivity index (χ0n) is 11.7. The number of nitrogen functional groups attached to an aromatic ring is 1. The smallest absolute Gasteiger partial charge is 0.185 e. The van der Waals surface area contributed by atoms with Gasteiger partial charge in [0.25, 0.3) is 0 Å². The van der Waals surface area contributed by atoms with Crippen LogP contribution in [0.4, 0.5) is 5.69 Å². The summed E-state index contributed by atoms with van der Waals surface area (Å²) in [6.45, 7) is 3.70. The molecule has 0 aliphatic heterocycles. The predicted molar refractivity (Wildman–Crippen MR) is 83.8 cm³/mol. The maximum atomic E-state index is 11.9. The highest BCUT2D eigenvalue weighted by molar-refractivity contribution is 7.98.